The van der Waals surface area contributed by atoms with Crippen molar-refractivity contribution in [1.82, 2.24) is 10.2 Å². The zero-order valence-electron chi connectivity index (χ0n) is 11.5. The van der Waals surface area contributed by atoms with E-state index in [1.807, 2.05) is 7.05 Å². The number of unbranched alkanes of at least 4 members (excludes halogenated alkanes) is 1. The molecule has 0 spiro atoms. The van der Waals surface area contributed by atoms with Gasteiger partial charge in [0, 0.05) is 33.8 Å². The summed E-state index contributed by atoms with van der Waals surface area (Å²) in [6.45, 7) is 5.17. The Hall–Kier alpha value is -0.770. The van der Waals surface area contributed by atoms with E-state index in [9.17, 15) is 0 Å². The molecule has 1 aliphatic rings. The van der Waals surface area contributed by atoms with Crippen LogP contribution in [-0.2, 0) is 4.74 Å². The van der Waals surface area contributed by atoms with E-state index < -0.39 is 0 Å². The third-order valence-electron chi connectivity index (χ3n) is 3.19. The predicted molar refractivity (Wildman–Crippen MR) is 72.5 cm³/mol. The maximum absolute atomic E-state index is 5.60. The summed E-state index contributed by atoms with van der Waals surface area (Å²) in [4.78, 5) is 6.49. The first-order valence-corrected chi connectivity index (χ1v) is 6.81. The third-order valence-corrected chi connectivity index (χ3v) is 3.19. The summed E-state index contributed by atoms with van der Waals surface area (Å²) in [6.07, 6.45) is 6.41. The minimum atomic E-state index is 0.460. The zero-order valence-corrected chi connectivity index (χ0v) is 11.5. The lowest BCUT2D eigenvalue weighted by molar-refractivity contribution is 0.105. The van der Waals surface area contributed by atoms with E-state index in [0.29, 0.717) is 6.10 Å². The van der Waals surface area contributed by atoms with Crippen LogP contribution in [0.3, 0.4) is 0 Å². The highest BCUT2D eigenvalue weighted by atomic mass is 16.5. The van der Waals surface area contributed by atoms with Crippen LogP contribution < -0.4 is 5.32 Å². The van der Waals surface area contributed by atoms with E-state index in [2.05, 4.69) is 29.2 Å². The molecular weight excluding hydrogens is 214 g/mol. The molecule has 4 heteroatoms. The number of nitrogens with zero attached hydrogens (tertiary/aromatic N) is 2. The van der Waals surface area contributed by atoms with E-state index in [4.69, 9.17) is 4.74 Å². The summed E-state index contributed by atoms with van der Waals surface area (Å²) in [6, 6.07) is 0. The van der Waals surface area contributed by atoms with Crippen LogP contribution in [0.5, 0.6) is 0 Å². The first-order valence-electron chi connectivity index (χ1n) is 6.81. The molecule has 0 saturated carbocycles. The highest BCUT2D eigenvalue weighted by Gasteiger charge is 2.15. The molecular formula is C13H27N3O. The van der Waals surface area contributed by atoms with Crippen molar-refractivity contribution in [2.24, 2.45) is 4.99 Å². The molecule has 100 valence electrons. The van der Waals surface area contributed by atoms with E-state index in [1.54, 1.807) is 0 Å². The zero-order chi connectivity index (χ0) is 12.5. The second kappa shape index (κ2) is 8.34. The lowest BCUT2D eigenvalue weighted by atomic mass is 10.2. The van der Waals surface area contributed by atoms with Crippen LogP contribution >= 0.6 is 0 Å². The van der Waals surface area contributed by atoms with E-state index in [-0.39, 0.29) is 0 Å². The van der Waals surface area contributed by atoms with Crippen molar-refractivity contribution in [1.29, 1.82) is 0 Å². The van der Waals surface area contributed by atoms with Gasteiger partial charge >= 0.3 is 0 Å². The molecule has 0 aromatic rings. The van der Waals surface area contributed by atoms with Crippen molar-refractivity contribution in [3.8, 4) is 0 Å². The lowest BCUT2D eigenvalue weighted by Gasteiger charge is -2.22. The summed E-state index contributed by atoms with van der Waals surface area (Å²) >= 11 is 0. The van der Waals surface area contributed by atoms with Crippen LogP contribution in [0.4, 0.5) is 0 Å². The second-order valence-corrected chi connectivity index (χ2v) is 4.67. The van der Waals surface area contributed by atoms with Gasteiger partial charge in [0.2, 0.25) is 0 Å². The van der Waals surface area contributed by atoms with Crippen LogP contribution in [0.1, 0.15) is 39.0 Å². The normalized spacial score (nSPS) is 20.6. The van der Waals surface area contributed by atoms with Crippen LogP contribution in [0.15, 0.2) is 4.99 Å². The standard InChI is InChI=1S/C13H27N3O/c1-4-5-10-16(3)13(14-2)15-9-8-12-7-6-11-17-12/h12H,4-11H2,1-3H3,(H,14,15). The van der Waals surface area contributed by atoms with Gasteiger partial charge in [-0.2, -0.15) is 0 Å². The Kier molecular flexibility index (Phi) is 7.01. The average molecular weight is 241 g/mol. The molecule has 1 saturated heterocycles. The van der Waals surface area contributed by atoms with Crippen molar-refractivity contribution < 1.29 is 4.74 Å². The van der Waals surface area contributed by atoms with Gasteiger partial charge in [0.15, 0.2) is 5.96 Å². The Morgan fingerprint density at radius 2 is 2.35 bits per heavy atom. The summed E-state index contributed by atoms with van der Waals surface area (Å²) in [7, 11) is 3.94. The SMILES string of the molecule is CCCCN(C)C(=NC)NCCC1CCCO1. The van der Waals surface area contributed by atoms with Crippen molar-refractivity contribution in [2.75, 3.05) is 33.8 Å². The van der Waals surface area contributed by atoms with Crippen molar-refractivity contribution in [2.45, 2.75) is 45.1 Å². The minimum Gasteiger partial charge on any atom is -0.378 e. The lowest BCUT2D eigenvalue weighted by Crippen LogP contribution is -2.40. The first kappa shape index (κ1) is 14.3. The van der Waals surface area contributed by atoms with Gasteiger partial charge < -0.3 is 15.0 Å². The summed E-state index contributed by atoms with van der Waals surface area (Å²) < 4.78 is 5.60. The summed E-state index contributed by atoms with van der Waals surface area (Å²) in [5, 5.41) is 3.40. The van der Waals surface area contributed by atoms with Gasteiger partial charge in [-0.15, -0.1) is 0 Å². The number of hydrogen-bond acceptors (Lipinski definition) is 2. The third kappa shape index (κ3) is 5.39. The summed E-state index contributed by atoms with van der Waals surface area (Å²) in [5.41, 5.74) is 0. The molecule has 0 radical (unpaired) electrons. The highest BCUT2D eigenvalue weighted by Crippen LogP contribution is 2.14. The molecule has 17 heavy (non-hydrogen) atoms. The molecule has 1 heterocycles. The van der Waals surface area contributed by atoms with Gasteiger partial charge in [-0.1, -0.05) is 13.3 Å². The summed E-state index contributed by atoms with van der Waals surface area (Å²) in [5.74, 6) is 0.997. The van der Waals surface area contributed by atoms with Crippen molar-refractivity contribution in [3.63, 3.8) is 0 Å². The number of guanidine groups is 1. The van der Waals surface area contributed by atoms with Crippen molar-refractivity contribution in [3.05, 3.63) is 0 Å². The fraction of sp³-hybridized carbons (Fsp3) is 0.923. The van der Waals surface area contributed by atoms with E-state index in [1.165, 1.54) is 25.7 Å². The van der Waals surface area contributed by atoms with Crippen molar-refractivity contribution >= 4 is 5.96 Å². The van der Waals surface area contributed by atoms with Gasteiger partial charge in [0.05, 0.1) is 6.10 Å². The fourth-order valence-corrected chi connectivity index (χ4v) is 2.10. The quantitative estimate of drug-likeness (QED) is 0.570. The molecule has 1 atom stereocenters. The molecule has 1 N–H and O–H groups in total. The maximum Gasteiger partial charge on any atom is 0.193 e. The van der Waals surface area contributed by atoms with Gasteiger partial charge in [0.1, 0.15) is 0 Å². The Balaban J connectivity index is 2.17. The second-order valence-electron chi connectivity index (χ2n) is 4.67. The molecule has 0 aromatic carbocycles. The Morgan fingerprint density at radius 3 is 2.94 bits per heavy atom. The molecule has 0 amide bonds. The molecule has 1 fully saturated rings. The van der Waals surface area contributed by atoms with Crippen LogP contribution in [0.25, 0.3) is 0 Å². The fourth-order valence-electron chi connectivity index (χ4n) is 2.10. The number of aliphatic imine (C=N–C) groups is 1. The Bertz CT molecular complexity index is 225. The van der Waals surface area contributed by atoms with Gasteiger partial charge in [-0.05, 0) is 25.7 Å². The number of hydrogen-bond donors (Lipinski definition) is 1. The van der Waals surface area contributed by atoms with Gasteiger partial charge in [-0.25, -0.2) is 0 Å². The molecule has 1 unspecified atom stereocenters. The molecule has 0 bridgehead atoms. The maximum atomic E-state index is 5.60. The van der Waals surface area contributed by atoms with Gasteiger partial charge in [0.25, 0.3) is 0 Å². The first-order chi connectivity index (χ1) is 8.27. The van der Waals surface area contributed by atoms with E-state index in [0.717, 1.165) is 32.1 Å². The largest absolute Gasteiger partial charge is 0.378 e. The molecule has 4 nitrogen and oxygen atoms in total. The molecule has 1 aliphatic heterocycles. The Labute approximate surface area is 105 Å². The molecule has 1 rings (SSSR count). The molecule has 0 aromatic heterocycles. The van der Waals surface area contributed by atoms with Gasteiger partial charge in [-0.3, -0.25) is 4.99 Å². The number of rotatable bonds is 6. The molecule has 0 aliphatic carbocycles. The number of ether oxygens (including phenoxy) is 1. The highest BCUT2D eigenvalue weighted by molar-refractivity contribution is 5.79. The average Bonchev–Trinajstić information content (AvgIpc) is 2.84. The Morgan fingerprint density at radius 1 is 1.53 bits per heavy atom. The van der Waals surface area contributed by atoms with E-state index >= 15 is 0 Å². The topological polar surface area (TPSA) is 36.9 Å². The number of nitrogens with one attached hydrogen (secondary N) is 1. The van der Waals surface area contributed by atoms with Crippen LogP contribution in [0, 0.1) is 0 Å². The van der Waals surface area contributed by atoms with Crippen LogP contribution in [-0.4, -0.2) is 50.8 Å². The van der Waals surface area contributed by atoms with Crippen LogP contribution in [0.2, 0.25) is 0 Å². The minimum absolute atomic E-state index is 0.460. The smallest absolute Gasteiger partial charge is 0.193 e. The monoisotopic (exact) mass is 241 g/mol. The predicted octanol–water partition coefficient (Wildman–Crippen LogP) is 1.86.